The van der Waals surface area contributed by atoms with Crippen LogP contribution in [0, 0.1) is 6.92 Å². The minimum atomic E-state index is -0.149. The predicted molar refractivity (Wildman–Crippen MR) is 79.6 cm³/mol. The zero-order chi connectivity index (χ0) is 14.7. The zero-order valence-corrected chi connectivity index (χ0v) is 11.7. The van der Waals surface area contributed by atoms with Gasteiger partial charge in [-0.2, -0.15) is 0 Å². The summed E-state index contributed by atoms with van der Waals surface area (Å²) in [6, 6.07) is 11.4. The van der Waals surface area contributed by atoms with E-state index in [9.17, 15) is 4.79 Å². The summed E-state index contributed by atoms with van der Waals surface area (Å²) >= 11 is 0. The maximum absolute atomic E-state index is 11.9. The van der Waals surface area contributed by atoms with Crippen LogP contribution in [0.5, 0.6) is 0 Å². The highest BCUT2D eigenvalue weighted by molar-refractivity contribution is 5.56. The maximum Gasteiger partial charge on any atom is 0.255 e. The van der Waals surface area contributed by atoms with Crippen molar-refractivity contribution in [2.75, 3.05) is 0 Å². The van der Waals surface area contributed by atoms with Crippen molar-refractivity contribution in [2.24, 2.45) is 5.11 Å². The van der Waals surface area contributed by atoms with Crippen molar-refractivity contribution < 1.29 is 0 Å². The molecule has 0 spiro atoms. The van der Waals surface area contributed by atoms with E-state index < -0.39 is 0 Å². The van der Waals surface area contributed by atoms with E-state index in [0.717, 1.165) is 24.1 Å². The molecule has 0 aliphatic heterocycles. The Labute approximate surface area is 121 Å². The van der Waals surface area contributed by atoms with Gasteiger partial charge in [0.1, 0.15) is 0 Å². The molecule has 5 heteroatoms. The van der Waals surface area contributed by atoms with Crippen molar-refractivity contribution in [1.82, 2.24) is 4.57 Å². The first-order valence-corrected chi connectivity index (χ1v) is 6.97. The second-order valence-electron chi connectivity index (χ2n) is 6.12. The van der Waals surface area contributed by atoms with Crippen molar-refractivity contribution in [1.29, 1.82) is 0 Å². The second kappa shape index (κ2) is 3.77. The molecule has 2 fully saturated rings. The minimum Gasteiger partial charge on any atom is -0.284 e. The molecule has 1 aromatic heterocycles. The van der Waals surface area contributed by atoms with Crippen LogP contribution in [0.4, 0.5) is 0 Å². The van der Waals surface area contributed by atoms with E-state index in [4.69, 9.17) is 5.53 Å². The van der Waals surface area contributed by atoms with E-state index in [1.165, 1.54) is 5.56 Å². The van der Waals surface area contributed by atoms with Crippen LogP contribution in [0.3, 0.4) is 0 Å². The van der Waals surface area contributed by atoms with Gasteiger partial charge in [-0.1, -0.05) is 23.3 Å². The van der Waals surface area contributed by atoms with Crippen LogP contribution in [0.25, 0.3) is 16.1 Å². The van der Waals surface area contributed by atoms with Gasteiger partial charge in [-0.3, -0.25) is 9.36 Å². The van der Waals surface area contributed by atoms with Gasteiger partial charge in [-0.05, 0) is 48.6 Å². The molecule has 0 unspecified atom stereocenters. The summed E-state index contributed by atoms with van der Waals surface area (Å²) in [5.74, 6) is 0. The van der Waals surface area contributed by atoms with Gasteiger partial charge in [0.2, 0.25) is 0 Å². The van der Waals surface area contributed by atoms with Gasteiger partial charge in [-0.15, -0.1) is 0 Å². The molecule has 0 amide bonds. The number of rotatable bonds is 3. The summed E-state index contributed by atoms with van der Waals surface area (Å²) in [4.78, 5) is 14.9. The highest BCUT2D eigenvalue weighted by atomic mass is 16.1. The first-order valence-electron chi connectivity index (χ1n) is 6.97. The molecule has 5 nitrogen and oxygen atoms in total. The second-order valence-corrected chi connectivity index (χ2v) is 6.12. The first kappa shape index (κ1) is 12.2. The Morgan fingerprint density at radius 3 is 2.57 bits per heavy atom. The van der Waals surface area contributed by atoms with Crippen molar-refractivity contribution in [3.63, 3.8) is 0 Å². The van der Waals surface area contributed by atoms with Crippen LogP contribution in [0.1, 0.15) is 24.0 Å². The van der Waals surface area contributed by atoms with Crippen molar-refractivity contribution in [2.45, 2.75) is 30.7 Å². The predicted octanol–water partition coefficient (Wildman–Crippen LogP) is 3.24. The summed E-state index contributed by atoms with van der Waals surface area (Å²) in [6.45, 7) is 1.96. The monoisotopic (exact) mass is 278 g/mol. The Hall–Kier alpha value is -2.52. The third-order valence-electron chi connectivity index (χ3n) is 4.82. The molecule has 1 heterocycles. The van der Waals surface area contributed by atoms with Crippen LogP contribution in [-0.4, -0.2) is 10.1 Å². The van der Waals surface area contributed by atoms with Gasteiger partial charge in [0.05, 0.1) is 5.54 Å². The van der Waals surface area contributed by atoms with Crippen LogP contribution in [-0.2, 0) is 5.41 Å². The Bertz CT molecular complexity index is 837. The van der Waals surface area contributed by atoms with Gasteiger partial charge in [0, 0.05) is 28.3 Å². The summed E-state index contributed by atoms with van der Waals surface area (Å²) in [5.41, 5.74) is 11.6. The molecule has 0 saturated heterocycles. The molecular weight excluding hydrogens is 264 g/mol. The number of nitrogens with zero attached hydrogens (tertiary/aromatic N) is 4. The molecule has 0 bridgehead atoms. The van der Waals surface area contributed by atoms with Crippen molar-refractivity contribution >= 4 is 0 Å². The van der Waals surface area contributed by atoms with E-state index in [1.54, 1.807) is 10.6 Å². The Balaban J connectivity index is 1.68. The smallest absolute Gasteiger partial charge is 0.255 e. The molecule has 1 aromatic carbocycles. The number of aryl methyl sites for hydroxylation is 1. The van der Waals surface area contributed by atoms with E-state index in [0.29, 0.717) is 0 Å². The molecule has 104 valence electrons. The third-order valence-corrected chi connectivity index (χ3v) is 4.82. The van der Waals surface area contributed by atoms with Crippen LogP contribution in [0.2, 0.25) is 0 Å². The van der Waals surface area contributed by atoms with Crippen LogP contribution < -0.4 is 5.56 Å². The fourth-order valence-corrected chi connectivity index (χ4v) is 3.32. The average molecular weight is 278 g/mol. The molecule has 0 N–H and O–H groups in total. The fraction of sp³-hybridized carbons (Fsp3) is 0.312. The zero-order valence-electron chi connectivity index (χ0n) is 11.7. The molecule has 0 atom stereocenters. The largest absolute Gasteiger partial charge is 0.284 e. The van der Waals surface area contributed by atoms with Crippen LogP contribution in [0.15, 0.2) is 52.5 Å². The highest BCUT2D eigenvalue weighted by Crippen LogP contribution is 2.81. The minimum absolute atomic E-state index is 0.0345. The highest BCUT2D eigenvalue weighted by Gasteiger charge is 2.83. The standard InChI is InChI=1S/C16H14N4O/c1-11-2-7-14(21)20(8-11)13-5-3-12(4-6-13)15-9-16(15,10-15)18-19-17/h2-8H,9-10H2,1H3. The van der Waals surface area contributed by atoms with Gasteiger partial charge >= 0.3 is 0 Å². The number of hydrogen-bond donors (Lipinski definition) is 0. The van der Waals surface area contributed by atoms with Gasteiger partial charge in [0.25, 0.3) is 5.56 Å². The summed E-state index contributed by atoms with van der Waals surface area (Å²) < 4.78 is 1.65. The molecule has 2 aliphatic rings. The molecule has 21 heavy (non-hydrogen) atoms. The maximum atomic E-state index is 11.9. The van der Waals surface area contributed by atoms with Crippen LogP contribution >= 0.6 is 0 Å². The Morgan fingerprint density at radius 2 is 1.90 bits per heavy atom. The normalized spacial score (nSPS) is 28.4. The first-order chi connectivity index (χ1) is 10.1. The van der Waals surface area contributed by atoms with E-state index in [-0.39, 0.29) is 16.5 Å². The lowest BCUT2D eigenvalue weighted by Gasteiger charge is -2.09. The SMILES string of the molecule is Cc1ccc(=O)n(-c2ccc(C34CC3(N=[N+]=[N-])C4)cc2)c1. The lowest BCUT2D eigenvalue weighted by atomic mass is 10.0. The molecule has 4 rings (SSSR count). The third kappa shape index (κ3) is 1.58. The topological polar surface area (TPSA) is 70.8 Å². The summed E-state index contributed by atoms with van der Waals surface area (Å²) in [6.07, 6.45) is 3.75. The molecule has 2 saturated carbocycles. The number of benzene rings is 1. The average Bonchev–Trinajstić information content (AvgIpc) is 3.29. The molecular formula is C16H14N4O. The summed E-state index contributed by atoms with van der Waals surface area (Å²) in [7, 11) is 0. The lowest BCUT2D eigenvalue weighted by molar-refractivity contribution is 0.769. The number of azide groups is 1. The van der Waals surface area contributed by atoms with Gasteiger partial charge in [-0.25, -0.2) is 0 Å². The van der Waals surface area contributed by atoms with E-state index >= 15 is 0 Å². The summed E-state index contributed by atoms with van der Waals surface area (Å²) in [5, 5.41) is 3.92. The Morgan fingerprint density at radius 1 is 1.19 bits per heavy atom. The molecule has 2 aromatic rings. The number of hydrogen-bond acceptors (Lipinski definition) is 2. The van der Waals surface area contributed by atoms with Crippen molar-refractivity contribution in [3.8, 4) is 5.69 Å². The number of aromatic nitrogens is 1. The van der Waals surface area contributed by atoms with Gasteiger partial charge in [0.15, 0.2) is 0 Å². The van der Waals surface area contributed by atoms with E-state index in [1.807, 2.05) is 43.5 Å². The number of pyridine rings is 1. The van der Waals surface area contributed by atoms with E-state index in [2.05, 4.69) is 10.0 Å². The fourth-order valence-electron chi connectivity index (χ4n) is 3.32. The van der Waals surface area contributed by atoms with Gasteiger partial charge < -0.3 is 0 Å². The molecule has 0 radical (unpaired) electrons. The Kier molecular flexibility index (Phi) is 2.20. The molecule has 2 aliphatic carbocycles. The van der Waals surface area contributed by atoms with Crippen molar-refractivity contribution in [3.05, 3.63) is 74.5 Å². The quantitative estimate of drug-likeness (QED) is 0.482. The lowest BCUT2D eigenvalue weighted by Crippen LogP contribution is -2.16. The number of fused-ring (bicyclic) bond motifs is 1.